The number of piperazine rings is 1. The zero-order chi connectivity index (χ0) is 21.5. The van der Waals surface area contributed by atoms with Crippen LogP contribution in [-0.2, 0) is 22.0 Å². The van der Waals surface area contributed by atoms with Crippen molar-refractivity contribution in [3.63, 3.8) is 0 Å². The molecule has 0 unspecified atom stereocenters. The van der Waals surface area contributed by atoms with Crippen molar-refractivity contribution in [1.29, 1.82) is 0 Å². The Labute approximate surface area is 176 Å². The van der Waals surface area contributed by atoms with Crippen molar-refractivity contribution in [2.75, 3.05) is 26.2 Å². The second kappa shape index (κ2) is 7.72. The number of sulfonamides is 1. The highest BCUT2D eigenvalue weighted by atomic mass is 32.2. The van der Waals surface area contributed by atoms with Gasteiger partial charge in [-0.15, -0.1) is 0 Å². The standard InChI is InChI=1S/C21H27N5O3S/c1-15-7-8-17(16-6-5-9-22-19(15)16)30(27,28)26-12-10-25(11-13-26)14-18-23-20(29-24-18)21(2,3)4/h5-9H,10-14H2,1-4H3. The maximum Gasteiger partial charge on any atom is 0.243 e. The van der Waals surface area contributed by atoms with E-state index in [0.717, 1.165) is 11.1 Å². The maximum atomic E-state index is 13.3. The predicted molar refractivity (Wildman–Crippen MR) is 114 cm³/mol. The third-order valence-corrected chi connectivity index (χ3v) is 7.31. The molecule has 0 amide bonds. The Morgan fingerprint density at radius 3 is 2.50 bits per heavy atom. The molecule has 4 rings (SSSR count). The zero-order valence-electron chi connectivity index (χ0n) is 17.8. The molecule has 0 bridgehead atoms. The van der Waals surface area contributed by atoms with Gasteiger partial charge >= 0.3 is 0 Å². The van der Waals surface area contributed by atoms with E-state index in [1.54, 1.807) is 22.6 Å². The van der Waals surface area contributed by atoms with Crippen LogP contribution in [0.2, 0.25) is 0 Å². The van der Waals surface area contributed by atoms with Crippen molar-refractivity contribution in [1.82, 2.24) is 24.3 Å². The molecule has 8 nitrogen and oxygen atoms in total. The maximum absolute atomic E-state index is 13.3. The first-order chi connectivity index (χ1) is 14.2. The van der Waals surface area contributed by atoms with Gasteiger partial charge in [0.25, 0.3) is 0 Å². The van der Waals surface area contributed by atoms with Gasteiger partial charge in [0.05, 0.1) is 17.0 Å². The normalized spacial score (nSPS) is 16.9. The summed E-state index contributed by atoms with van der Waals surface area (Å²) in [6.45, 7) is 10.6. The van der Waals surface area contributed by atoms with E-state index in [2.05, 4.69) is 20.0 Å². The number of aryl methyl sites for hydroxylation is 1. The van der Waals surface area contributed by atoms with Crippen LogP contribution in [0.3, 0.4) is 0 Å². The molecule has 3 aromatic rings. The monoisotopic (exact) mass is 429 g/mol. The van der Waals surface area contributed by atoms with E-state index in [9.17, 15) is 8.42 Å². The number of hydrogen-bond acceptors (Lipinski definition) is 7. The predicted octanol–water partition coefficient (Wildman–Crippen LogP) is 2.73. The van der Waals surface area contributed by atoms with Crippen molar-refractivity contribution in [2.45, 2.75) is 44.6 Å². The SMILES string of the molecule is Cc1ccc(S(=O)(=O)N2CCN(Cc3noc(C(C)(C)C)n3)CC2)c2cccnc12. The fourth-order valence-electron chi connectivity index (χ4n) is 3.60. The molecule has 30 heavy (non-hydrogen) atoms. The van der Waals surface area contributed by atoms with E-state index in [1.165, 1.54) is 0 Å². The molecule has 0 radical (unpaired) electrons. The summed E-state index contributed by atoms with van der Waals surface area (Å²) in [6, 6.07) is 7.10. The summed E-state index contributed by atoms with van der Waals surface area (Å²) >= 11 is 0. The van der Waals surface area contributed by atoms with Crippen LogP contribution in [-0.4, -0.2) is 58.9 Å². The molecule has 0 atom stereocenters. The van der Waals surface area contributed by atoms with Gasteiger partial charge in [0, 0.05) is 43.2 Å². The lowest BCUT2D eigenvalue weighted by molar-refractivity contribution is 0.176. The first-order valence-electron chi connectivity index (χ1n) is 10.1. The van der Waals surface area contributed by atoms with Gasteiger partial charge in [-0.05, 0) is 30.7 Å². The number of hydrogen-bond donors (Lipinski definition) is 0. The summed E-state index contributed by atoms with van der Waals surface area (Å²) in [6.07, 6.45) is 1.69. The Balaban J connectivity index is 1.48. The summed E-state index contributed by atoms with van der Waals surface area (Å²) in [5.74, 6) is 1.24. The third kappa shape index (κ3) is 3.97. The molecule has 160 valence electrons. The number of fused-ring (bicyclic) bond motifs is 1. The lowest BCUT2D eigenvalue weighted by Gasteiger charge is -2.33. The molecule has 0 aliphatic carbocycles. The minimum atomic E-state index is -3.60. The molecule has 0 saturated carbocycles. The smallest absolute Gasteiger partial charge is 0.243 e. The molecule has 1 aromatic carbocycles. The largest absolute Gasteiger partial charge is 0.339 e. The van der Waals surface area contributed by atoms with Crippen molar-refractivity contribution >= 4 is 20.9 Å². The quantitative estimate of drug-likeness (QED) is 0.629. The van der Waals surface area contributed by atoms with E-state index in [0.29, 0.717) is 54.7 Å². The summed E-state index contributed by atoms with van der Waals surface area (Å²) in [5, 5.41) is 4.74. The summed E-state index contributed by atoms with van der Waals surface area (Å²) < 4.78 is 33.6. The topological polar surface area (TPSA) is 92.4 Å². The van der Waals surface area contributed by atoms with Gasteiger partial charge in [0.2, 0.25) is 15.9 Å². The van der Waals surface area contributed by atoms with E-state index < -0.39 is 10.0 Å². The van der Waals surface area contributed by atoms with Gasteiger partial charge in [-0.2, -0.15) is 9.29 Å². The highest BCUT2D eigenvalue weighted by molar-refractivity contribution is 7.89. The first kappa shape index (κ1) is 20.9. The average molecular weight is 430 g/mol. The number of pyridine rings is 1. The summed E-state index contributed by atoms with van der Waals surface area (Å²) in [4.78, 5) is 11.3. The van der Waals surface area contributed by atoms with Crippen molar-refractivity contribution in [3.05, 3.63) is 47.7 Å². The van der Waals surface area contributed by atoms with Crippen LogP contribution in [0.5, 0.6) is 0 Å². The number of benzene rings is 1. The van der Waals surface area contributed by atoms with Gasteiger partial charge in [0.1, 0.15) is 0 Å². The van der Waals surface area contributed by atoms with Gasteiger partial charge in [-0.25, -0.2) is 8.42 Å². The molecular weight excluding hydrogens is 402 g/mol. The first-order valence-corrected chi connectivity index (χ1v) is 11.5. The van der Waals surface area contributed by atoms with Gasteiger partial charge in [0.15, 0.2) is 5.82 Å². The van der Waals surface area contributed by atoms with Crippen LogP contribution in [0, 0.1) is 6.92 Å². The van der Waals surface area contributed by atoms with Gasteiger partial charge in [-0.3, -0.25) is 9.88 Å². The Kier molecular flexibility index (Phi) is 5.37. The Hall–Kier alpha value is -2.36. The number of rotatable bonds is 4. The zero-order valence-corrected chi connectivity index (χ0v) is 18.6. The minimum Gasteiger partial charge on any atom is -0.339 e. The van der Waals surface area contributed by atoms with Crippen LogP contribution in [0.25, 0.3) is 10.9 Å². The van der Waals surface area contributed by atoms with Crippen molar-refractivity contribution in [3.8, 4) is 0 Å². The van der Waals surface area contributed by atoms with Crippen molar-refractivity contribution < 1.29 is 12.9 Å². The van der Waals surface area contributed by atoms with Crippen molar-refractivity contribution in [2.24, 2.45) is 0 Å². The highest BCUT2D eigenvalue weighted by Gasteiger charge is 2.31. The summed E-state index contributed by atoms with van der Waals surface area (Å²) in [5.41, 5.74) is 1.50. The number of aromatic nitrogens is 3. The summed E-state index contributed by atoms with van der Waals surface area (Å²) in [7, 11) is -3.60. The molecule has 0 spiro atoms. The fourth-order valence-corrected chi connectivity index (χ4v) is 5.21. The molecule has 9 heteroatoms. The molecule has 0 N–H and O–H groups in total. The molecule has 1 saturated heterocycles. The Bertz CT molecular complexity index is 1160. The van der Waals surface area contributed by atoms with Crippen LogP contribution in [0.1, 0.15) is 38.0 Å². The van der Waals surface area contributed by atoms with E-state index in [1.807, 2.05) is 39.8 Å². The second-order valence-electron chi connectivity index (χ2n) is 8.73. The highest BCUT2D eigenvalue weighted by Crippen LogP contribution is 2.27. The van der Waals surface area contributed by atoms with Crippen LogP contribution in [0.4, 0.5) is 0 Å². The molecule has 1 fully saturated rings. The van der Waals surface area contributed by atoms with Crippen LogP contribution >= 0.6 is 0 Å². The lowest BCUT2D eigenvalue weighted by Crippen LogP contribution is -2.48. The van der Waals surface area contributed by atoms with Gasteiger partial charge in [-0.1, -0.05) is 32.0 Å². The second-order valence-corrected chi connectivity index (χ2v) is 10.6. The van der Waals surface area contributed by atoms with Crippen LogP contribution in [0.15, 0.2) is 39.9 Å². The fraction of sp³-hybridized carbons (Fsp3) is 0.476. The number of nitrogens with zero attached hydrogens (tertiary/aromatic N) is 5. The molecule has 1 aliphatic heterocycles. The molecular formula is C21H27N5O3S. The molecule has 2 aromatic heterocycles. The molecule has 3 heterocycles. The average Bonchev–Trinajstić information content (AvgIpc) is 3.18. The molecule has 1 aliphatic rings. The third-order valence-electron chi connectivity index (χ3n) is 5.36. The Morgan fingerprint density at radius 2 is 1.83 bits per heavy atom. The van der Waals surface area contributed by atoms with E-state index in [4.69, 9.17) is 4.52 Å². The van der Waals surface area contributed by atoms with E-state index >= 15 is 0 Å². The minimum absolute atomic E-state index is 0.191. The van der Waals surface area contributed by atoms with Gasteiger partial charge < -0.3 is 4.52 Å². The van der Waals surface area contributed by atoms with Crippen LogP contribution < -0.4 is 0 Å². The van der Waals surface area contributed by atoms with E-state index in [-0.39, 0.29) is 5.41 Å². The lowest BCUT2D eigenvalue weighted by atomic mass is 9.97. The Morgan fingerprint density at radius 1 is 1.10 bits per heavy atom.